The van der Waals surface area contributed by atoms with Crippen LogP contribution in [0.25, 0.3) is 0 Å². The highest BCUT2D eigenvalue weighted by atomic mass is 15.4. The topological polar surface area (TPSA) is 6.48 Å². The monoisotopic (exact) mass is 334 g/mol. The molecule has 1 aliphatic heterocycles. The zero-order chi connectivity index (χ0) is 17.6. The Kier molecular flexibility index (Phi) is 5.39. The Morgan fingerprint density at radius 2 is 1.08 bits per heavy atom. The lowest BCUT2D eigenvalue weighted by molar-refractivity contribution is 0.00335. The van der Waals surface area contributed by atoms with Crippen LogP contribution in [0.15, 0.2) is 0 Å². The summed E-state index contributed by atoms with van der Waals surface area (Å²) in [6.45, 7) is 21.3. The van der Waals surface area contributed by atoms with Crippen molar-refractivity contribution in [2.75, 3.05) is 19.8 Å². The van der Waals surface area contributed by atoms with E-state index in [9.17, 15) is 0 Å². The van der Waals surface area contributed by atoms with Crippen molar-refractivity contribution in [1.82, 2.24) is 9.80 Å². The van der Waals surface area contributed by atoms with E-state index in [0.717, 1.165) is 41.7 Å². The standard InChI is InChI=1S/C22H42N2/c1-15-10-16(2)20(17(3)11-15)23-8-9-24(14-23)21-18(4)12-22(6,7)13-19(21)5/h15-21H,8-14H2,1-7H3. The van der Waals surface area contributed by atoms with Crippen LogP contribution in [-0.2, 0) is 0 Å². The average molecular weight is 335 g/mol. The average Bonchev–Trinajstić information content (AvgIpc) is 2.83. The summed E-state index contributed by atoms with van der Waals surface area (Å²) in [7, 11) is 0. The van der Waals surface area contributed by atoms with Crippen molar-refractivity contribution >= 4 is 0 Å². The van der Waals surface area contributed by atoms with Crippen molar-refractivity contribution < 1.29 is 0 Å². The van der Waals surface area contributed by atoms with Crippen LogP contribution in [-0.4, -0.2) is 41.6 Å². The predicted molar refractivity (Wildman–Crippen MR) is 104 cm³/mol. The molecule has 0 aromatic carbocycles. The summed E-state index contributed by atoms with van der Waals surface area (Å²) in [5.74, 6) is 4.33. The SMILES string of the molecule is CC1CC(C)C(N2CCN(C3C(C)CC(C)(C)CC3C)C2)C(C)C1. The van der Waals surface area contributed by atoms with Crippen LogP contribution in [0.3, 0.4) is 0 Å². The van der Waals surface area contributed by atoms with Gasteiger partial charge in [-0.25, -0.2) is 0 Å². The van der Waals surface area contributed by atoms with Crippen LogP contribution in [0.2, 0.25) is 0 Å². The molecule has 0 aromatic rings. The maximum Gasteiger partial charge on any atom is 0.0513 e. The molecule has 4 unspecified atom stereocenters. The van der Waals surface area contributed by atoms with Crippen LogP contribution in [0.5, 0.6) is 0 Å². The van der Waals surface area contributed by atoms with Gasteiger partial charge in [-0.15, -0.1) is 0 Å². The third-order valence-electron chi connectivity index (χ3n) is 7.51. The van der Waals surface area contributed by atoms with Crippen LogP contribution in [0, 0.1) is 35.0 Å². The highest BCUT2D eigenvalue weighted by molar-refractivity contribution is 4.96. The minimum Gasteiger partial charge on any atom is -0.286 e. The first-order valence-corrected chi connectivity index (χ1v) is 10.7. The van der Waals surface area contributed by atoms with Gasteiger partial charge in [-0.05, 0) is 60.7 Å². The van der Waals surface area contributed by atoms with E-state index in [0.29, 0.717) is 5.41 Å². The fourth-order valence-corrected chi connectivity index (χ4v) is 7.39. The minimum atomic E-state index is 0.539. The van der Waals surface area contributed by atoms with Gasteiger partial charge in [-0.2, -0.15) is 0 Å². The first kappa shape index (κ1) is 18.7. The quantitative estimate of drug-likeness (QED) is 0.694. The van der Waals surface area contributed by atoms with Gasteiger partial charge in [-0.3, -0.25) is 9.80 Å². The second kappa shape index (κ2) is 6.91. The molecule has 1 saturated heterocycles. The molecule has 140 valence electrons. The Balaban J connectivity index is 1.65. The number of rotatable bonds is 2. The van der Waals surface area contributed by atoms with Gasteiger partial charge in [-0.1, -0.05) is 48.5 Å². The summed E-state index contributed by atoms with van der Waals surface area (Å²) in [5, 5.41) is 0. The highest BCUT2D eigenvalue weighted by Gasteiger charge is 2.44. The van der Waals surface area contributed by atoms with Crippen molar-refractivity contribution in [2.45, 2.75) is 86.2 Å². The molecule has 3 rings (SSSR count). The van der Waals surface area contributed by atoms with Gasteiger partial charge in [0.05, 0.1) is 6.67 Å². The molecule has 3 fully saturated rings. The van der Waals surface area contributed by atoms with Crippen LogP contribution < -0.4 is 0 Å². The highest BCUT2D eigenvalue weighted by Crippen LogP contribution is 2.45. The maximum absolute atomic E-state index is 2.85. The molecular weight excluding hydrogens is 292 g/mol. The van der Waals surface area contributed by atoms with Crippen LogP contribution in [0.4, 0.5) is 0 Å². The largest absolute Gasteiger partial charge is 0.286 e. The Bertz CT molecular complexity index is 406. The molecule has 2 saturated carbocycles. The summed E-state index contributed by atoms with van der Waals surface area (Å²) in [6, 6.07) is 1.62. The zero-order valence-electron chi connectivity index (χ0n) is 17.4. The summed E-state index contributed by atoms with van der Waals surface area (Å²) in [5.41, 5.74) is 0.539. The molecule has 0 N–H and O–H groups in total. The van der Waals surface area contributed by atoms with E-state index >= 15 is 0 Å². The Hall–Kier alpha value is -0.0800. The lowest BCUT2D eigenvalue weighted by Gasteiger charge is -2.48. The van der Waals surface area contributed by atoms with Crippen molar-refractivity contribution in [3.63, 3.8) is 0 Å². The van der Waals surface area contributed by atoms with Gasteiger partial charge in [0.2, 0.25) is 0 Å². The van der Waals surface area contributed by atoms with Crippen molar-refractivity contribution in [3.05, 3.63) is 0 Å². The Morgan fingerprint density at radius 1 is 0.667 bits per heavy atom. The van der Waals surface area contributed by atoms with Gasteiger partial charge in [0.25, 0.3) is 0 Å². The molecule has 24 heavy (non-hydrogen) atoms. The maximum atomic E-state index is 2.85. The fraction of sp³-hybridized carbons (Fsp3) is 1.00. The van der Waals surface area contributed by atoms with Crippen LogP contribution >= 0.6 is 0 Å². The third-order valence-corrected chi connectivity index (χ3v) is 7.51. The van der Waals surface area contributed by atoms with E-state index in [1.54, 1.807) is 0 Å². The van der Waals surface area contributed by atoms with Gasteiger partial charge in [0, 0.05) is 25.2 Å². The van der Waals surface area contributed by atoms with Crippen molar-refractivity contribution in [1.29, 1.82) is 0 Å². The molecule has 0 amide bonds. The van der Waals surface area contributed by atoms with E-state index in [-0.39, 0.29) is 0 Å². The lowest BCUT2D eigenvalue weighted by Crippen LogP contribution is -2.51. The number of hydrogen-bond donors (Lipinski definition) is 0. The summed E-state index contributed by atoms with van der Waals surface area (Å²) in [4.78, 5) is 5.70. The number of hydrogen-bond acceptors (Lipinski definition) is 2. The molecule has 2 heteroatoms. The summed E-state index contributed by atoms with van der Waals surface area (Å²) < 4.78 is 0. The molecule has 3 aliphatic rings. The molecule has 0 spiro atoms. The van der Waals surface area contributed by atoms with Crippen LogP contribution in [0.1, 0.15) is 74.1 Å². The third kappa shape index (κ3) is 3.70. The number of nitrogens with zero attached hydrogens (tertiary/aromatic N) is 2. The van der Waals surface area contributed by atoms with E-state index < -0.39 is 0 Å². The molecular formula is C22H42N2. The zero-order valence-corrected chi connectivity index (χ0v) is 17.4. The van der Waals surface area contributed by atoms with Gasteiger partial charge in [0.1, 0.15) is 0 Å². The molecule has 4 atom stereocenters. The molecule has 2 nitrogen and oxygen atoms in total. The molecule has 0 aromatic heterocycles. The lowest BCUT2D eigenvalue weighted by atomic mass is 9.65. The van der Waals surface area contributed by atoms with E-state index in [1.165, 1.54) is 45.4 Å². The van der Waals surface area contributed by atoms with Crippen molar-refractivity contribution in [3.8, 4) is 0 Å². The second-order valence-electron chi connectivity index (χ2n) is 10.8. The fourth-order valence-electron chi connectivity index (χ4n) is 7.39. The smallest absolute Gasteiger partial charge is 0.0513 e. The molecule has 0 bridgehead atoms. The van der Waals surface area contributed by atoms with E-state index in [4.69, 9.17) is 0 Å². The minimum absolute atomic E-state index is 0.539. The second-order valence-corrected chi connectivity index (χ2v) is 10.8. The Labute approximate surface area is 151 Å². The molecule has 0 radical (unpaired) electrons. The van der Waals surface area contributed by atoms with Gasteiger partial charge < -0.3 is 0 Å². The summed E-state index contributed by atoms with van der Waals surface area (Å²) >= 11 is 0. The summed E-state index contributed by atoms with van der Waals surface area (Å²) in [6.07, 6.45) is 5.64. The molecule has 2 aliphatic carbocycles. The van der Waals surface area contributed by atoms with Gasteiger partial charge >= 0.3 is 0 Å². The first-order valence-electron chi connectivity index (χ1n) is 10.7. The Morgan fingerprint density at radius 3 is 1.54 bits per heavy atom. The van der Waals surface area contributed by atoms with Crippen molar-refractivity contribution in [2.24, 2.45) is 35.0 Å². The van der Waals surface area contributed by atoms with E-state index in [1.807, 2.05) is 0 Å². The molecule has 1 heterocycles. The van der Waals surface area contributed by atoms with E-state index in [2.05, 4.69) is 58.3 Å². The predicted octanol–water partition coefficient (Wildman–Crippen LogP) is 5.09. The first-order chi connectivity index (χ1) is 11.2. The normalized spacial score (nSPS) is 47.9. The van der Waals surface area contributed by atoms with Gasteiger partial charge in [0.15, 0.2) is 0 Å².